The van der Waals surface area contributed by atoms with Crippen molar-refractivity contribution < 1.29 is 22.7 Å². The number of carbonyl (C=O) groups excluding carboxylic acids is 1. The zero-order chi connectivity index (χ0) is 12.5. The fourth-order valence-corrected chi connectivity index (χ4v) is 1.27. The molecule has 0 amide bonds. The maximum atomic E-state index is 12.6. The lowest BCUT2D eigenvalue weighted by Crippen LogP contribution is -2.19. The Balaban J connectivity index is 3.39. The summed E-state index contributed by atoms with van der Waals surface area (Å²) in [6.45, 7) is 1.25. The molecule has 1 aromatic carbocycles. The van der Waals surface area contributed by atoms with Crippen molar-refractivity contribution >= 4 is 19.3 Å². The number of hydrogen-bond acceptors (Lipinski definition) is 2. The molecule has 0 atom stereocenters. The summed E-state index contributed by atoms with van der Waals surface area (Å²) < 4.78 is 42.0. The molecular weight excluding hydrogens is 220 g/mol. The molecule has 0 saturated heterocycles. The first kappa shape index (κ1) is 12.6. The van der Waals surface area contributed by atoms with Crippen molar-refractivity contribution in [2.45, 2.75) is 13.1 Å². The van der Waals surface area contributed by atoms with Gasteiger partial charge in [-0.25, -0.2) is 4.79 Å². The maximum absolute atomic E-state index is 12.6. The smallest absolute Gasteiger partial charge is 0.416 e. The van der Waals surface area contributed by atoms with Gasteiger partial charge in [0.05, 0.1) is 18.2 Å². The number of alkyl halides is 3. The lowest BCUT2D eigenvalue weighted by Gasteiger charge is -2.14. The van der Waals surface area contributed by atoms with Crippen LogP contribution in [-0.2, 0) is 10.9 Å². The minimum absolute atomic E-state index is 0.0878. The molecule has 1 rings (SSSR count). The van der Waals surface area contributed by atoms with Crippen LogP contribution in [0.4, 0.5) is 13.2 Å². The Kier molecular flexibility index (Phi) is 3.31. The van der Waals surface area contributed by atoms with Gasteiger partial charge < -0.3 is 4.74 Å². The first-order chi connectivity index (χ1) is 7.27. The lowest BCUT2D eigenvalue weighted by atomic mass is 9.86. The lowest BCUT2D eigenvalue weighted by molar-refractivity contribution is -0.138. The Bertz CT molecular complexity index is 427. The van der Waals surface area contributed by atoms with E-state index in [0.29, 0.717) is 0 Å². The largest absolute Gasteiger partial charge is 0.465 e. The van der Waals surface area contributed by atoms with Crippen LogP contribution < -0.4 is 5.46 Å². The molecule has 84 valence electrons. The van der Waals surface area contributed by atoms with Gasteiger partial charge in [0.15, 0.2) is 0 Å². The highest BCUT2D eigenvalue weighted by Crippen LogP contribution is 2.31. The van der Waals surface area contributed by atoms with E-state index in [1.54, 1.807) is 0 Å². The van der Waals surface area contributed by atoms with Crippen molar-refractivity contribution in [3.8, 4) is 0 Å². The van der Waals surface area contributed by atoms with Gasteiger partial charge in [-0.2, -0.15) is 13.2 Å². The summed E-state index contributed by atoms with van der Waals surface area (Å²) >= 11 is 0. The quantitative estimate of drug-likeness (QED) is 0.538. The predicted octanol–water partition coefficient (Wildman–Crippen LogP) is 1.59. The molecule has 0 bridgehead atoms. The fraction of sp³-hybridized carbons (Fsp3) is 0.300. The normalized spacial score (nSPS) is 11.3. The van der Waals surface area contributed by atoms with Crippen molar-refractivity contribution in [1.29, 1.82) is 0 Å². The van der Waals surface area contributed by atoms with Gasteiger partial charge in [-0.1, -0.05) is 11.5 Å². The molecule has 0 aliphatic carbocycles. The van der Waals surface area contributed by atoms with Crippen LogP contribution in [0.15, 0.2) is 12.1 Å². The van der Waals surface area contributed by atoms with Crippen molar-refractivity contribution in [1.82, 2.24) is 0 Å². The van der Waals surface area contributed by atoms with Crippen LogP contribution in [-0.4, -0.2) is 20.9 Å². The van der Waals surface area contributed by atoms with E-state index in [-0.39, 0.29) is 16.6 Å². The summed E-state index contributed by atoms with van der Waals surface area (Å²) in [7, 11) is 6.49. The van der Waals surface area contributed by atoms with Crippen LogP contribution in [0.1, 0.15) is 21.5 Å². The SMILES string of the molecule is [B]c1cc(C(=O)OC)cc(C(F)(F)F)c1C. The van der Waals surface area contributed by atoms with E-state index in [2.05, 4.69) is 4.74 Å². The maximum Gasteiger partial charge on any atom is 0.416 e. The summed E-state index contributed by atoms with van der Waals surface area (Å²) in [5.41, 5.74) is -1.32. The summed E-state index contributed by atoms with van der Waals surface area (Å²) in [4.78, 5) is 11.1. The molecule has 0 heterocycles. The molecule has 0 aliphatic rings. The second-order valence-electron chi connectivity index (χ2n) is 3.23. The van der Waals surface area contributed by atoms with Gasteiger partial charge in [-0.3, -0.25) is 0 Å². The van der Waals surface area contributed by atoms with Crippen LogP contribution in [0.25, 0.3) is 0 Å². The third kappa shape index (κ3) is 2.37. The first-order valence-corrected chi connectivity index (χ1v) is 4.33. The number of methoxy groups -OCH3 is 1. The number of hydrogen-bond donors (Lipinski definition) is 0. The van der Waals surface area contributed by atoms with Gasteiger partial charge in [0.1, 0.15) is 7.85 Å². The van der Waals surface area contributed by atoms with Crippen LogP contribution >= 0.6 is 0 Å². The number of ether oxygens (including phenoxy) is 1. The Hall–Kier alpha value is -1.46. The molecule has 6 heteroatoms. The second-order valence-corrected chi connectivity index (χ2v) is 3.23. The molecule has 16 heavy (non-hydrogen) atoms. The van der Waals surface area contributed by atoms with E-state index in [1.807, 2.05) is 0 Å². The van der Waals surface area contributed by atoms with Crippen LogP contribution in [0.3, 0.4) is 0 Å². The highest BCUT2D eigenvalue weighted by atomic mass is 19.4. The topological polar surface area (TPSA) is 26.3 Å². The predicted molar refractivity (Wildman–Crippen MR) is 52.9 cm³/mol. The van der Waals surface area contributed by atoms with Crippen molar-refractivity contribution in [3.63, 3.8) is 0 Å². The summed E-state index contributed by atoms with van der Waals surface area (Å²) in [5, 5.41) is 0. The van der Waals surface area contributed by atoms with Gasteiger partial charge in [0, 0.05) is 0 Å². The van der Waals surface area contributed by atoms with E-state index in [9.17, 15) is 18.0 Å². The zero-order valence-electron chi connectivity index (χ0n) is 8.68. The summed E-state index contributed by atoms with van der Waals surface area (Å²) in [5.74, 6) is -0.850. The minimum Gasteiger partial charge on any atom is -0.465 e. The molecule has 0 fully saturated rings. The van der Waals surface area contributed by atoms with Crippen LogP contribution in [0, 0.1) is 6.92 Å². The van der Waals surface area contributed by atoms with E-state index >= 15 is 0 Å². The molecule has 1 aromatic rings. The van der Waals surface area contributed by atoms with E-state index < -0.39 is 17.7 Å². The minimum atomic E-state index is -4.54. The average molecular weight is 228 g/mol. The molecule has 0 spiro atoms. The van der Waals surface area contributed by atoms with E-state index in [1.165, 1.54) is 6.92 Å². The third-order valence-corrected chi connectivity index (χ3v) is 2.17. The molecule has 0 aliphatic heterocycles. The van der Waals surface area contributed by atoms with Crippen LogP contribution in [0.2, 0.25) is 0 Å². The zero-order valence-corrected chi connectivity index (χ0v) is 8.68. The number of benzene rings is 1. The molecule has 0 saturated carbocycles. The number of halogens is 3. The Morgan fingerprint density at radius 3 is 2.38 bits per heavy atom. The van der Waals surface area contributed by atoms with Crippen LogP contribution in [0.5, 0.6) is 0 Å². The number of esters is 1. The monoisotopic (exact) mass is 228 g/mol. The van der Waals surface area contributed by atoms with Gasteiger partial charge in [-0.05, 0) is 18.6 Å². The Labute approximate surface area is 91.8 Å². The van der Waals surface area contributed by atoms with Crippen molar-refractivity contribution in [2.24, 2.45) is 0 Å². The highest BCUT2D eigenvalue weighted by Gasteiger charge is 2.33. The number of carbonyl (C=O) groups is 1. The second kappa shape index (κ2) is 4.19. The average Bonchev–Trinajstić information content (AvgIpc) is 2.18. The molecule has 2 nitrogen and oxygen atoms in total. The van der Waals surface area contributed by atoms with E-state index in [0.717, 1.165) is 19.2 Å². The number of rotatable bonds is 1. The fourth-order valence-electron chi connectivity index (χ4n) is 1.27. The third-order valence-electron chi connectivity index (χ3n) is 2.17. The van der Waals surface area contributed by atoms with Gasteiger partial charge in [-0.15, -0.1) is 0 Å². The summed E-state index contributed by atoms with van der Waals surface area (Å²) in [6.07, 6.45) is -4.54. The van der Waals surface area contributed by atoms with E-state index in [4.69, 9.17) is 7.85 Å². The molecule has 2 radical (unpaired) electrons. The van der Waals surface area contributed by atoms with Crippen molar-refractivity contribution in [2.75, 3.05) is 7.11 Å². The molecule has 0 aromatic heterocycles. The summed E-state index contributed by atoms with van der Waals surface area (Å²) in [6, 6.07) is 1.90. The Morgan fingerprint density at radius 2 is 1.94 bits per heavy atom. The highest BCUT2D eigenvalue weighted by molar-refractivity contribution is 6.33. The van der Waals surface area contributed by atoms with Gasteiger partial charge >= 0.3 is 12.1 Å². The standard InChI is InChI=1S/C10H8BF3O2/c1-5-7(10(12,13)14)3-6(4-8(5)11)9(15)16-2/h3-4H,1-2H3. The Morgan fingerprint density at radius 1 is 1.38 bits per heavy atom. The molecule has 0 N–H and O–H groups in total. The van der Waals surface area contributed by atoms with Crippen molar-refractivity contribution in [3.05, 3.63) is 28.8 Å². The van der Waals surface area contributed by atoms with Gasteiger partial charge in [0.2, 0.25) is 0 Å². The van der Waals surface area contributed by atoms with Gasteiger partial charge in [0.25, 0.3) is 0 Å². The molecular formula is C10H8BF3O2. The first-order valence-electron chi connectivity index (χ1n) is 4.33. The molecule has 0 unspecified atom stereocenters.